The van der Waals surface area contributed by atoms with Gasteiger partial charge in [0.2, 0.25) is 0 Å². The molecule has 1 fully saturated rings. The Morgan fingerprint density at radius 2 is 1.89 bits per heavy atom. The summed E-state index contributed by atoms with van der Waals surface area (Å²) in [6.07, 6.45) is 2.51. The van der Waals surface area contributed by atoms with Gasteiger partial charge in [-0.15, -0.1) is 0 Å². The molecule has 1 aromatic carbocycles. The highest BCUT2D eigenvalue weighted by Gasteiger charge is 2.22. The summed E-state index contributed by atoms with van der Waals surface area (Å²) in [4.78, 5) is 2.50. The molecule has 1 aliphatic rings. The first kappa shape index (κ1) is 13.3. The summed E-state index contributed by atoms with van der Waals surface area (Å²) >= 11 is 0. The molecule has 100 valence electrons. The van der Waals surface area contributed by atoms with Gasteiger partial charge in [-0.25, -0.2) is 4.39 Å². The monoisotopic (exact) mass is 250 g/mol. The second-order valence-corrected chi connectivity index (χ2v) is 5.21. The van der Waals surface area contributed by atoms with Gasteiger partial charge in [-0.1, -0.05) is 6.92 Å². The van der Waals surface area contributed by atoms with E-state index in [-0.39, 0.29) is 5.82 Å². The molecular formula is C15H23FN2. The van der Waals surface area contributed by atoms with Gasteiger partial charge in [0, 0.05) is 11.7 Å². The van der Waals surface area contributed by atoms with E-state index in [1.807, 2.05) is 12.1 Å². The van der Waals surface area contributed by atoms with Crippen molar-refractivity contribution in [3.05, 3.63) is 30.1 Å². The number of hydrogen-bond donors (Lipinski definition) is 1. The maximum Gasteiger partial charge on any atom is 0.123 e. The third-order valence-electron chi connectivity index (χ3n) is 4.03. The van der Waals surface area contributed by atoms with Crippen molar-refractivity contribution in [2.24, 2.45) is 5.92 Å². The van der Waals surface area contributed by atoms with Gasteiger partial charge in [0.05, 0.1) is 0 Å². The summed E-state index contributed by atoms with van der Waals surface area (Å²) in [6.45, 7) is 8.02. The van der Waals surface area contributed by atoms with E-state index in [2.05, 4.69) is 24.1 Å². The van der Waals surface area contributed by atoms with E-state index in [9.17, 15) is 4.39 Å². The number of halogens is 1. The molecule has 0 spiro atoms. The fourth-order valence-electron chi connectivity index (χ4n) is 2.70. The molecule has 3 heteroatoms. The second kappa shape index (κ2) is 6.19. The van der Waals surface area contributed by atoms with Crippen molar-refractivity contribution in [3.63, 3.8) is 0 Å². The van der Waals surface area contributed by atoms with Gasteiger partial charge in [-0.05, 0) is 69.6 Å². The zero-order valence-electron chi connectivity index (χ0n) is 11.3. The van der Waals surface area contributed by atoms with E-state index in [1.165, 1.54) is 38.1 Å². The van der Waals surface area contributed by atoms with Crippen LogP contribution in [0.3, 0.4) is 0 Å². The van der Waals surface area contributed by atoms with Crippen LogP contribution in [-0.4, -0.2) is 30.6 Å². The van der Waals surface area contributed by atoms with Gasteiger partial charge in [0.25, 0.3) is 0 Å². The molecule has 2 rings (SSSR count). The molecule has 1 atom stereocenters. The zero-order chi connectivity index (χ0) is 13.0. The van der Waals surface area contributed by atoms with E-state index in [4.69, 9.17) is 0 Å². The van der Waals surface area contributed by atoms with Crippen molar-refractivity contribution < 1.29 is 4.39 Å². The normalized spacial score (nSPS) is 19.7. The van der Waals surface area contributed by atoms with E-state index >= 15 is 0 Å². The molecule has 1 aromatic rings. The Kier molecular flexibility index (Phi) is 4.59. The van der Waals surface area contributed by atoms with Crippen LogP contribution in [0.2, 0.25) is 0 Å². The Hall–Kier alpha value is -1.09. The first-order chi connectivity index (χ1) is 8.69. The molecule has 0 saturated carbocycles. The van der Waals surface area contributed by atoms with Crippen molar-refractivity contribution in [3.8, 4) is 0 Å². The minimum Gasteiger partial charge on any atom is -0.382 e. The topological polar surface area (TPSA) is 15.3 Å². The van der Waals surface area contributed by atoms with Gasteiger partial charge in [0.15, 0.2) is 0 Å². The fourth-order valence-corrected chi connectivity index (χ4v) is 2.70. The summed E-state index contributed by atoms with van der Waals surface area (Å²) in [5.74, 6) is 0.544. The molecule has 0 bridgehead atoms. The van der Waals surface area contributed by atoms with Crippen LogP contribution in [0.1, 0.15) is 26.7 Å². The lowest BCUT2D eigenvalue weighted by molar-refractivity contribution is 0.183. The predicted molar refractivity (Wildman–Crippen MR) is 74.3 cm³/mol. The van der Waals surface area contributed by atoms with Crippen LogP contribution in [0, 0.1) is 11.7 Å². The molecule has 1 heterocycles. The quantitative estimate of drug-likeness (QED) is 0.881. The maximum absolute atomic E-state index is 12.8. The van der Waals surface area contributed by atoms with Crippen LogP contribution in [0.4, 0.5) is 10.1 Å². The van der Waals surface area contributed by atoms with Gasteiger partial charge >= 0.3 is 0 Å². The number of anilines is 1. The molecule has 1 N–H and O–H groups in total. The molecule has 1 saturated heterocycles. The van der Waals surface area contributed by atoms with Gasteiger partial charge < -0.3 is 10.2 Å². The number of rotatable bonds is 4. The third kappa shape index (κ3) is 3.45. The van der Waals surface area contributed by atoms with Crippen LogP contribution >= 0.6 is 0 Å². The fraction of sp³-hybridized carbons (Fsp3) is 0.600. The molecule has 0 aliphatic carbocycles. The molecule has 0 amide bonds. The summed E-state index contributed by atoms with van der Waals surface area (Å²) in [6, 6.07) is 7.10. The molecule has 2 nitrogen and oxygen atoms in total. The largest absolute Gasteiger partial charge is 0.382 e. The minimum absolute atomic E-state index is 0.176. The van der Waals surface area contributed by atoms with Crippen molar-refractivity contribution in [2.45, 2.75) is 32.7 Å². The van der Waals surface area contributed by atoms with Crippen LogP contribution in [0.5, 0.6) is 0 Å². The Labute approximate surface area is 109 Å². The first-order valence-corrected chi connectivity index (χ1v) is 6.93. The van der Waals surface area contributed by atoms with Gasteiger partial charge in [-0.3, -0.25) is 0 Å². The maximum atomic E-state index is 12.8. The summed E-state index contributed by atoms with van der Waals surface area (Å²) in [7, 11) is 0. The Morgan fingerprint density at radius 3 is 2.44 bits per heavy atom. The number of benzene rings is 1. The molecule has 0 radical (unpaired) electrons. The van der Waals surface area contributed by atoms with Crippen LogP contribution < -0.4 is 5.32 Å². The molecular weight excluding hydrogens is 227 g/mol. The SMILES string of the molecule is CCN1CCC(C(C)Nc2ccc(F)cc2)CC1. The van der Waals surface area contributed by atoms with Crippen molar-refractivity contribution >= 4 is 5.69 Å². The first-order valence-electron chi connectivity index (χ1n) is 6.93. The third-order valence-corrected chi connectivity index (χ3v) is 4.03. The Bertz CT molecular complexity index is 355. The highest BCUT2D eigenvalue weighted by atomic mass is 19.1. The zero-order valence-corrected chi connectivity index (χ0v) is 11.3. The lowest BCUT2D eigenvalue weighted by atomic mass is 9.90. The average molecular weight is 250 g/mol. The smallest absolute Gasteiger partial charge is 0.123 e. The highest BCUT2D eigenvalue weighted by molar-refractivity contribution is 5.43. The number of hydrogen-bond acceptors (Lipinski definition) is 2. The summed E-state index contributed by atoms with van der Waals surface area (Å²) in [5.41, 5.74) is 1.02. The van der Waals surface area contributed by atoms with Crippen molar-refractivity contribution in [1.29, 1.82) is 0 Å². The molecule has 1 unspecified atom stereocenters. The van der Waals surface area contributed by atoms with Gasteiger partial charge in [0.1, 0.15) is 5.82 Å². The van der Waals surface area contributed by atoms with Gasteiger partial charge in [-0.2, -0.15) is 0 Å². The van der Waals surface area contributed by atoms with Crippen LogP contribution in [-0.2, 0) is 0 Å². The lowest BCUT2D eigenvalue weighted by Gasteiger charge is -2.34. The minimum atomic E-state index is -0.176. The second-order valence-electron chi connectivity index (χ2n) is 5.21. The number of piperidine rings is 1. The van der Waals surface area contributed by atoms with E-state index in [1.54, 1.807) is 0 Å². The lowest BCUT2D eigenvalue weighted by Crippen LogP contribution is -2.39. The standard InChI is InChI=1S/C15H23FN2/c1-3-18-10-8-13(9-11-18)12(2)17-15-6-4-14(16)5-7-15/h4-7,12-13,17H,3,8-11H2,1-2H3. The van der Waals surface area contributed by atoms with Crippen molar-refractivity contribution in [1.82, 2.24) is 4.90 Å². The molecule has 18 heavy (non-hydrogen) atoms. The van der Waals surface area contributed by atoms with Crippen LogP contribution in [0.25, 0.3) is 0 Å². The summed E-state index contributed by atoms with van der Waals surface area (Å²) < 4.78 is 12.8. The highest BCUT2D eigenvalue weighted by Crippen LogP contribution is 2.23. The average Bonchev–Trinajstić information content (AvgIpc) is 2.41. The Morgan fingerprint density at radius 1 is 1.28 bits per heavy atom. The number of nitrogens with zero attached hydrogens (tertiary/aromatic N) is 1. The predicted octanol–water partition coefficient (Wildman–Crippen LogP) is 3.36. The van der Waals surface area contributed by atoms with Crippen molar-refractivity contribution in [2.75, 3.05) is 25.0 Å². The molecule has 0 aromatic heterocycles. The van der Waals surface area contributed by atoms with E-state index in [0.29, 0.717) is 6.04 Å². The Balaban J connectivity index is 1.85. The number of nitrogens with one attached hydrogen (secondary N) is 1. The van der Waals surface area contributed by atoms with Crippen LogP contribution in [0.15, 0.2) is 24.3 Å². The summed E-state index contributed by atoms with van der Waals surface area (Å²) in [5, 5.41) is 3.49. The van der Waals surface area contributed by atoms with E-state index < -0.39 is 0 Å². The molecule has 1 aliphatic heterocycles. The van der Waals surface area contributed by atoms with E-state index in [0.717, 1.165) is 18.2 Å². The number of likely N-dealkylation sites (tertiary alicyclic amines) is 1.